The Morgan fingerprint density at radius 2 is 2.21 bits per heavy atom. The van der Waals surface area contributed by atoms with Gasteiger partial charge in [-0.15, -0.1) is 0 Å². The van der Waals surface area contributed by atoms with Gasteiger partial charge in [0.25, 0.3) is 0 Å². The molecule has 0 bridgehead atoms. The van der Waals surface area contributed by atoms with Crippen molar-refractivity contribution in [3.05, 3.63) is 0 Å². The van der Waals surface area contributed by atoms with Crippen molar-refractivity contribution in [1.29, 1.82) is 0 Å². The minimum absolute atomic E-state index is 0.113. The van der Waals surface area contributed by atoms with E-state index in [4.69, 9.17) is 9.47 Å². The minimum atomic E-state index is -0.494. The zero-order chi connectivity index (χ0) is 14.3. The molecule has 0 radical (unpaired) electrons. The summed E-state index contributed by atoms with van der Waals surface area (Å²) >= 11 is 1.91. The first-order chi connectivity index (χ1) is 9.04. The van der Waals surface area contributed by atoms with Crippen LogP contribution >= 0.6 is 11.8 Å². The molecule has 0 aliphatic heterocycles. The van der Waals surface area contributed by atoms with Crippen molar-refractivity contribution in [1.82, 2.24) is 5.32 Å². The molecular formula is C14H27NO3S. The maximum absolute atomic E-state index is 12.2. The Hall–Kier alpha value is -0.260. The van der Waals surface area contributed by atoms with E-state index in [0.29, 0.717) is 5.25 Å². The molecule has 1 saturated carbocycles. The summed E-state index contributed by atoms with van der Waals surface area (Å²) in [5.41, 5.74) is -0.494. The highest BCUT2D eigenvalue weighted by molar-refractivity contribution is 7.99. The zero-order valence-corrected chi connectivity index (χ0v) is 13.3. The number of thioether (sulfide) groups is 1. The number of rotatable bonds is 7. The Bertz CT molecular complexity index is 286. The fourth-order valence-electron chi connectivity index (χ4n) is 2.79. The summed E-state index contributed by atoms with van der Waals surface area (Å²) in [5, 5.41) is 3.96. The lowest BCUT2D eigenvalue weighted by molar-refractivity contribution is -0.150. The lowest BCUT2D eigenvalue weighted by Gasteiger charge is -2.40. The van der Waals surface area contributed by atoms with Crippen molar-refractivity contribution in [3.8, 4) is 0 Å². The predicted molar refractivity (Wildman–Crippen MR) is 79.6 cm³/mol. The number of hydrogen-bond donors (Lipinski definition) is 1. The van der Waals surface area contributed by atoms with Crippen LogP contribution in [0.2, 0.25) is 0 Å². The number of esters is 1. The molecule has 2 unspecified atom stereocenters. The Balaban J connectivity index is 2.66. The smallest absolute Gasteiger partial charge is 0.326 e. The van der Waals surface area contributed by atoms with Gasteiger partial charge in [-0.25, -0.2) is 0 Å². The molecule has 1 rings (SSSR count). The van der Waals surface area contributed by atoms with Crippen LogP contribution < -0.4 is 5.32 Å². The first-order valence-electron chi connectivity index (χ1n) is 7.00. The summed E-state index contributed by atoms with van der Waals surface area (Å²) in [6, 6.07) is 0.279. The number of carbonyl (C=O) groups excluding carboxylic acids is 1. The monoisotopic (exact) mass is 289 g/mol. The summed E-state index contributed by atoms with van der Waals surface area (Å²) in [7, 11) is 3.20. The fourth-order valence-corrected chi connectivity index (χ4v) is 4.12. The SMILES string of the molecule is COCCSC1CCCC(NC(C)C)(C(=O)OC)C1. The van der Waals surface area contributed by atoms with E-state index in [1.807, 2.05) is 11.8 Å². The molecule has 0 aromatic heterocycles. The summed E-state index contributed by atoms with van der Waals surface area (Å²) in [6.45, 7) is 4.92. The second-order valence-corrected chi connectivity index (χ2v) is 6.86. The van der Waals surface area contributed by atoms with E-state index in [9.17, 15) is 4.79 Å². The van der Waals surface area contributed by atoms with Crippen molar-refractivity contribution in [3.63, 3.8) is 0 Å². The van der Waals surface area contributed by atoms with Gasteiger partial charge in [0.05, 0.1) is 13.7 Å². The van der Waals surface area contributed by atoms with E-state index < -0.39 is 5.54 Å². The Labute approximate surface area is 121 Å². The van der Waals surface area contributed by atoms with E-state index in [1.54, 1.807) is 7.11 Å². The third-order valence-electron chi connectivity index (χ3n) is 3.49. The molecule has 5 heteroatoms. The molecule has 112 valence electrons. The highest BCUT2D eigenvalue weighted by atomic mass is 32.2. The molecule has 4 nitrogen and oxygen atoms in total. The van der Waals surface area contributed by atoms with Crippen LogP contribution in [0.3, 0.4) is 0 Å². The molecule has 0 saturated heterocycles. The molecule has 1 fully saturated rings. The number of hydrogen-bond acceptors (Lipinski definition) is 5. The largest absolute Gasteiger partial charge is 0.468 e. The van der Waals surface area contributed by atoms with Gasteiger partial charge in [-0.05, 0) is 39.5 Å². The summed E-state index contributed by atoms with van der Waals surface area (Å²) in [4.78, 5) is 12.2. The molecule has 2 atom stereocenters. The minimum Gasteiger partial charge on any atom is -0.468 e. The highest BCUT2D eigenvalue weighted by Crippen LogP contribution is 2.36. The maximum Gasteiger partial charge on any atom is 0.326 e. The van der Waals surface area contributed by atoms with Gasteiger partial charge >= 0.3 is 5.97 Å². The van der Waals surface area contributed by atoms with E-state index >= 15 is 0 Å². The lowest BCUT2D eigenvalue weighted by atomic mass is 9.81. The molecule has 0 aromatic rings. The van der Waals surface area contributed by atoms with Crippen LogP contribution in [-0.4, -0.2) is 49.4 Å². The average molecular weight is 289 g/mol. The molecule has 1 aliphatic carbocycles. The summed E-state index contributed by atoms with van der Waals surface area (Å²) in [5.74, 6) is 0.873. The Morgan fingerprint density at radius 1 is 1.47 bits per heavy atom. The third-order valence-corrected chi connectivity index (χ3v) is 4.76. The number of nitrogens with one attached hydrogen (secondary N) is 1. The zero-order valence-electron chi connectivity index (χ0n) is 12.5. The van der Waals surface area contributed by atoms with Crippen LogP contribution in [-0.2, 0) is 14.3 Å². The van der Waals surface area contributed by atoms with Gasteiger partial charge in [-0.2, -0.15) is 11.8 Å². The van der Waals surface area contributed by atoms with Crippen LogP contribution in [0.25, 0.3) is 0 Å². The van der Waals surface area contributed by atoms with Crippen LogP contribution in [0.5, 0.6) is 0 Å². The second kappa shape index (κ2) is 8.12. The van der Waals surface area contributed by atoms with Crippen molar-refractivity contribution in [2.24, 2.45) is 0 Å². The van der Waals surface area contributed by atoms with Crippen LogP contribution in [0.4, 0.5) is 0 Å². The van der Waals surface area contributed by atoms with Crippen LogP contribution in [0, 0.1) is 0 Å². The third kappa shape index (κ3) is 4.97. The average Bonchev–Trinajstić information content (AvgIpc) is 2.37. The molecule has 1 aliphatic rings. The second-order valence-electron chi connectivity index (χ2n) is 5.45. The molecule has 0 aromatic carbocycles. The van der Waals surface area contributed by atoms with Gasteiger partial charge in [0.2, 0.25) is 0 Å². The van der Waals surface area contributed by atoms with Crippen LogP contribution in [0.1, 0.15) is 39.5 Å². The number of carbonyl (C=O) groups is 1. The topological polar surface area (TPSA) is 47.6 Å². The van der Waals surface area contributed by atoms with Gasteiger partial charge < -0.3 is 9.47 Å². The van der Waals surface area contributed by atoms with Crippen molar-refractivity contribution < 1.29 is 14.3 Å². The molecular weight excluding hydrogens is 262 g/mol. The summed E-state index contributed by atoms with van der Waals surface area (Å²) < 4.78 is 10.1. The molecule has 1 N–H and O–H groups in total. The summed E-state index contributed by atoms with van der Waals surface area (Å²) in [6.07, 6.45) is 3.97. The van der Waals surface area contributed by atoms with Crippen molar-refractivity contribution >= 4 is 17.7 Å². The quantitative estimate of drug-likeness (QED) is 0.575. The lowest BCUT2D eigenvalue weighted by Crippen LogP contribution is -2.58. The molecule has 0 spiro atoms. The van der Waals surface area contributed by atoms with Gasteiger partial charge in [0.15, 0.2) is 0 Å². The van der Waals surface area contributed by atoms with Gasteiger partial charge in [-0.3, -0.25) is 10.1 Å². The predicted octanol–water partition coefficient (Wildman–Crippen LogP) is 2.22. The molecule has 19 heavy (non-hydrogen) atoms. The Kier molecular flexibility index (Phi) is 7.18. The first kappa shape index (κ1) is 16.8. The van der Waals surface area contributed by atoms with Crippen LogP contribution in [0.15, 0.2) is 0 Å². The van der Waals surface area contributed by atoms with Gasteiger partial charge in [0, 0.05) is 24.2 Å². The first-order valence-corrected chi connectivity index (χ1v) is 8.05. The molecule has 0 heterocycles. The van der Waals surface area contributed by atoms with E-state index in [2.05, 4.69) is 19.2 Å². The van der Waals surface area contributed by atoms with E-state index in [-0.39, 0.29) is 12.0 Å². The van der Waals surface area contributed by atoms with E-state index in [0.717, 1.165) is 31.6 Å². The number of methoxy groups -OCH3 is 2. The van der Waals surface area contributed by atoms with Gasteiger partial charge in [0.1, 0.15) is 5.54 Å². The highest BCUT2D eigenvalue weighted by Gasteiger charge is 2.44. The number of ether oxygens (including phenoxy) is 2. The van der Waals surface area contributed by atoms with Crippen molar-refractivity contribution in [2.45, 2.75) is 56.4 Å². The van der Waals surface area contributed by atoms with E-state index in [1.165, 1.54) is 13.5 Å². The normalized spacial score (nSPS) is 27.5. The van der Waals surface area contributed by atoms with Crippen molar-refractivity contribution in [2.75, 3.05) is 26.6 Å². The fraction of sp³-hybridized carbons (Fsp3) is 0.929. The maximum atomic E-state index is 12.2. The molecule has 0 amide bonds. The Morgan fingerprint density at radius 3 is 2.79 bits per heavy atom. The van der Waals surface area contributed by atoms with Gasteiger partial charge in [-0.1, -0.05) is 0 Å². The standard InChI is InChI=1S/C14H27NO3S/c1-11(2)15-14(13(16)18-4)7-5-6-12(10-14)19-9-8-17-3/h11-12,15H,5-10H2,1-4H3.